The minimum absolute atomic E-state index is 0.141. The van der Waals surface area contributed by atoms with Gasteiger partial charge in [0.05, 0.1) is 0 Å². The second-order valence-corrected chi connectivity index (χ2v) is 5.96. The fraction of sp³-hybridized carbons (Fsp3) is 0.235. The molecule has 0 saturated heterocycles. The lowest BCUT2D eigenvalue weighted by atomic mass is 10.1. The molecule has 3 rings (SSSR count). The zero-order chi connectivity index (χ0) is 18.8. The van der Waals surface area contributed by atoms with Gasteiger partial charge < -0.3 is 14.8 Å². The molecule has 2 aromatic carbocycles. The molecular formula is C17H14ClF3N2O3. The first kappa shape index (κ1) is 18.2. The Bertz CT molecular complexity index is 802. The summed E-state index contributed by atoms with van der Waals surface area (Å²) < 4.78 is 50.3. The zero-order valence-electron chi connectivity index (χ0n) is 13.3. The smallest absolute Gasteiger partial charge is 0.424 e. The number of halogens is 4. The van der Waals surface area contributed by atoms with Gasteiger partial charge in [-0.1, -0.05) is 41.9 Å². The van der Waals surface area contributed by atoms with Gasteiger partial charge in [0.15, 0.2) is 11.5 Å². The van der Waals surface area contributed by atoms with Crippen LogP contribution in [0.5, 0.6) is 11.5 Å². The molecule has 5 nitrogen and oxygen atoms in total. The highest BCUT2D eigenvalue weighted by Crippen LogP contribution is 2.45. The minimum atomic E-state index is -5.02. The topological polar surface area (TPSA) is 59.6 Å². The Hall–Kier alpha value is -2.61. The molecule has 2 N–H and O–H groups in total. The number of benzene rings is 2. The van der Waals surface area contributed by atoms with E-state index in [-0.39, 0.29) is 23.1 Å². The molecular weight excluding hydrogens is 373 g/mol. The average Bonchev–Trinajstić information content (AvgIpc) is 2.94. The maximum absolute atomic E-state index is 13.5. The first-order valence-electron chi connectivity index (χ1n) is 7.63. The van der Waals surface area contributed by atoms with Gasteiger partial charge in [0, 0.05) is 17.6 Å². The van der Waals surface area contributed by atoms with Crippen molar-refractivity contribution in [3.05, 3.63) is 59.1 Å². The van der Waals surface area contributed by atoms with Crippen molar-refractivity contribution in [2.24, 2.45) is 0 Å². The van der Waals surface area contributed by atoms with Crippen molar-refractivity contribution in [2.75, 3.05) is 6.54 Å². The molecule has 0 fully saturated rings. The fourth-order valence-corrected chi connectivity index (χ4v) is 2.53. The Morgan fingerprint density at radius 3 is 2.46 bits per heavy atom. The van der Waals surface area contributed by atoms with Crippen molar-refractivity contribution in [2.45, 2.75) is 18.5 Å². The number of nitrogens with one attached hydrogen (secondary N) is 2. The van der Waals surface area contributed by atoms with E-state index < -0.39 is 18.1 Å². The van der Waals surface area contributed by atoms with Crippen molar-refractivity contribution in [3.63, 3.8) is 0 Å². The number of fused-ring (bicyclic) bond motifs is 1. The molecule has 1 aliphatic heterocycles. The molecule has 0 saturated carbocycles. The van der Waals surface area contributed by atoms with Gasteiger partial charge >= 0.3 is 18.1 Å². The van der Waals surface area contributed by atoms with Gasteiger partial charge in [0.1, 0.15) is 0 Å². The van der Waals surface area contributed by atoms with Crippen molar-refractivity contribution in [3.8, 4) is 11.5 Å². The van der Waals surface area contributed by atoms with Crippen LogP contribution in [0.3, 0.4) is 0 Å². The van der Waals surface area contributed by atoms with E-state index in [1.165, 1.54) is 18.2 Å². The highest BCUT2D eigenvalue weighted by molar-refractivity contribution is 6.30. The number of rotatable bonds is 4. The molecule has 0 spiro atoms. The van der Waals surface area contributed by atoms with Crippen molar-refractivity contribution in [1.29, 1.82) is 0 Å². The molecule has 1 aliphatic rings. The Morgan fingerprint density at radius 1 is 1.08 bits per heavy atom. The number of ether oxygens (including phenoxy) is 2. The first-order valence-corrected chi connectivity index (χ1v) is 8.01. The van der Waals surface area contributed by atoms with E-state index >= 15 is 0 Å². The SMILES string of the molecule is O=C(NCCc1ccccc1)N[C@]1(C(F)(F)F)Oc2ccc(Cl)cc2O1. The number of urea groups is 1. The number of carbonyl (C=O) groups excluding carboxylic acids is 1. The third kappa shape index (κ3) is 3.80. The lowest BCUT2D eigenvalue weighted by Crippen LogP contribution is -2.66. The number of alkyl halides is 3. The van der Waals surface area contributed by atoms with Crippen LogP contribution in [0, 0.1) is 0 Å². The van der Waals surface area contributed by atoms with Gasteiger partial charge in [-0.05, 0) is 24.1 Å². The van der Waals surface area contributed by atoms with E-state index in [0.29, 0.717) is 6.42 Å². The van der Waals surface area contributed by atoms with Crippen LogP contribution in [-0.2, 0) is 6.42 Å². The second kappa shape index (κ2) is 6.95. The van der Waals surface area contributed by atoms with E-state index in [4.69, 9.17) is 21.1 Å². The minimum Gasteiger partial charge on any atom is -0.424 e. The fourth-order valence-electron chi connectivity index (χ4n) is 2.37. The third-order valence-corrected chi connectivity index (χ3v) is 3.84. The maximum atomic E-state index is 13.5. The summed E-state index contributed by atoms with van der Waals surface area (Å²) >= 11 is 5.75. The Kier molecular flexibility index (Phi) is 4.86. The molecule has 26 heavy (non-hydrogen) atoms. The van der Waals surface area contributed by atoms with Gasteiger partial charge in [0.2, 0.25) is 0 Å². The summed E-state index contributed by atoms with van der Waals surface area (Å²) in [7, 11) is 0. The number of carbonyl (C=O) groups is 1. The standard InChI is InChI=1S/C17H14ClF3N2O3/c18-12-6-7-13-14(10-12)26-17(25-13,16(19,20)21)23-15(24)22-9-8-11-4-2-1-3-5-11/h1-7,10H,8-9H2,(H2,22,23,24)/t17-/m1/s1. The van der Waals surface area contributed by atoms with E-state index in [0.717, 1.165) is 5.56 Å². The van der Waals surface area contributed by atoms with E-state index in [1.54, 1.807) is 5.32 Å². The lowest BCUT2D eigenvalue weighted by molar-refractivity contribution is -0.317. The molecule has 2 aromatic rings. The van der Waals surface area contributed by atoms with E-state index in [2.05, 4.69) is 5.32 Å². The molecule has 0 bridgehead atoms. The number of hydrogen-bond acceptors (Lipinski definition) is 3. The molecule has 0 aliphatic carbocycles. The zero-order valence-corrected chi connectivity index (χ0v) is 14.0. The Labute approximate surface area is 152 Å². The van der Waals surface area contributed by atoms with Gasteiger partial charge in [-0.25, -0.2) is 4.79 Å². The van der Waals surface area contributed by atoms with Crippen LogP contribution in [0.1, 0.15) is 5.56 Å². The van der Waals surface area contributed by atoms with Crippen molar-refractivity contribution >= 4 is 17.6 Å². The Balaban J connectivity index is 1.65. The second-order valence-electron chi connectivity index (χ2n) is 5.53. The molecule has 0 aromatic heterocycles. The summed E-state index contributed by atoms with van der Waals surface area (Å²) in [5.74, 6) is -3.69. The van der Waals surface area contributed by atoms with Gasteiger partial charge in [-0.3, -0.25) is 5.32 Å². The third-order valence-electron chi connectivity index (χ3n) is 3.61. The van der Waals surface area contributed by atoms with Crippen molar-refractivity contribution < 1.29 is 27.4 Å². The average molecular weight is 387 g/mol. The Morgan fingerprint density at radius 2 is 1.77 bits per heavy atom. The normalized spacial score (nSPS) is 18.5. The summed E-state index contributed by atoms with van der Waals surface area (Å²) in [6, 6.07) is 11.9. The largest absolute Gasteiger partial charge is 0.492 e. The number of hydrogen-bond donors (Lipinski definition) is 2. The monoisotopic (exact) mass is 386 g/mol. The molecule has 0 unspecified atom stereocenters. The molecule has 2 amide bonds. The molecule has 0 radical (unpaired) electrons. The molecule has 1 atom stereocenters. The lowest BCUT2D eigenvalue weighted by Gasteiger charge is -2.29. The van der Waals surface area contributed by atoms with Crippen LogP contribution in [0.15, 0.2) is 48.5 Å². The quantitative estimate of drug-likeness (QED) is 0.838. The van der Waals surface area contributed by atoms with Gasteiger partial charge in [-0.2, -0.15) is 13.2 Å². The summed E-state index contributed by atoms with van der Waals surface area (Å²) in [6.45, 7) is 0.141. The van der Waals surface area contributed by atoms with E-state index in [9.17, 15) is 18.0 Å². The predicted molar refractivity (Wildman–Crippen MR) is 88.2 cm³/mol. The van der Waals surface area contributed by atoms with Crippen molar-refractivity contribution in [1.82, 2.24) is 10.6 Å². The van der Waals surface area contributed by atoms with E-state index in [1.807, 2.05) is 30.3 Å². The van der Waals surface area contributed by atoms with Crippen LogP contribution in [-0.4, -0.2) is 24.7 Å². The molecule has 138 valence electrons. The van der Waals surface area contributed by atoms with Crippen LogP contribution < -0.4 is 20.1 Å². The van der Waals surface area contributed by atoms with Crippen LogP contribution in [0.4, 0.5) is 18.0 Å². The molecule has 1 heterocycles. The van der Waals surface area contributed by atoms with Crippen LogP contribution in [0.2, 0.25) is 5.02 Å². The summed E-state index contributed by atoms with van der Waals surface area (Å²) in [5, 5.41) is 4.26. The highest BCUT2D eigenvalue weighted by Gasteiger charge is 2.65. The summed E-state index contributed by atoms with van der Waals surface area (Å²) in [4.78, 5) is 12.0. The van der Waals surface area contributed by atoms with Crippen LogP contribution in [0.25, 0.3) is 0 Å². The summed E-state index contributed by atoms with van der Waals surface area (Å²) in [5.41, 5.74) is 0.939. The van der Waals surface area contributed by atoms with Gasteiger partial charge in [-0.15, -0.1) is 0 Å². The van der Waals surface area contributed by atoms with Crippen LogP contribution >= 0.6 is 11.6 Å². The predicted octanol–water partition coefficient (Wildman–Crippen LogP) is 3.87. The highest BCUT2D eigenvalue weighted by atomic mass is 35.5. The first-order chi connectivity index (χ1) is 12.3. The molecule has 9 heteroatoms. The number of amides is 2. The van der Waals surface area contributed by atoms with Gasteiger partial charge in [0.25, 0.3) is 0 Å². The summed E-state index contributed by atoms with van der Waals surface area (Å²) in [6.07, 6.45) is -4.56. The maximum Gasteiger partial charge on any atom is 0.492 e.